The summed E-state index contributed by atoms with van der Waals surface area (Å²) in [6.07, 6.45) is 46.1. The van der Waals surface area contributed by atoms with Crippen LogP contribution >= 0.6 is 0 Å². The van der Waals surface area contributed by atoms with Crippen molar-refractivity contribution in [3.8, 4) is 0 Å². The first-order valence-electron chi connectivity index (χ1n) is 27.6. The minimum absolute atomic E-state index is 0. The molecule has 3 atom stereocenters. The molecule has 3 unspecified atom stereocenters. The number of hydrogen-bond acceptors (Lipinski definition) is 12. The van der Waals surface area contributed by atoms with Gasteiger partial charge in [0.15, 0.2) is 0 Å². The molecule has 85 heavy (non-hydrogen) atoms. The zero-order chi connectivity index (χ0) is 57.7. The van der Waals surface area contributed by atoms with E-state index in [0.29, 0.717) is 0 Å². The van der Waals surface area contributed by atoms with E-state index in [-0.39, 0.29) is 88.4 Å². The molecule has 9 aromatic heterocycles. The average molecular weight is 1640 g/mol. The van der Waals surface area contributed by atoms with Crippen molar-refractivity contribution in [2.75, 3.05) is 0 Å². The van der Waals surface area contributed by atoms with E-state index in [2.05, 4.69) is 166 Å². The van der Waals surface area contributed by atoms with E-state index in [0.717, 1.165) is 120 Å². The molecule has 0 aliphatic heterocycles. The van der Waals surface area contributed by atoms with Gasteiger partial charge in [0, 0.05) is 125 Å². The first-order valence-corrected chi connectivity index (χ1v) is 27.6. The molecule has 0 saturated heterocycles. The Balaban J connectivity index is 0.000000265. The van der Waals surface area contributed by atoms with E-state index in [1.165, 1.54) is 58.1 Å². The van der Waals surface area contributed by atoms with Gasteiger partial charge in [-0.05, 0) is 63.0 Å². The van der Waals surface area contributed by atoms with Crippen LogP contribution in [0.2, 0.25) is 0 Å². The molecule has 15 nitrogen and oxygen atoms in total. The summed E-state index contributed by atoms with van der Waals surface area (Å²) in [4.78, 5) is 50.5. The number of nitrogens with zero attached hydrogens (tertiary/aromatic N) is 15. The fraction of sp³-hybridized carbons (Fsp3) is 0.328. The summed E-state index contributed by atoms with van der Waals surface area (Å²) < 4.78 is 6.20. The average Bonchev–Trinajstić information content (AvgIpc) is 2.28. The minimum atomic E-state index is 0. The Morgan fingerprint density at radius 2 is 1.05 bits per heavy atom. The second-order valence-corrected chi connectivity index (χ2v) is 20.1. The molecule has 0 saturated carbocycles. The maximum absolute atomic E-state index is 5.28. The Morgan fingerprint density at radius 1 is 0.565 bits per heavy atom. The maximum Gasteiger partial charge on any atom is 0.144 e. The van der Waals surface area contributed by atoms with E-state index >= 15 is 0 Å². The standard InChI is InChI=1S/C11H13N3.C11H11N3.C11H9N3.C11H15N2.2C11H13N2.CH4.3W/c3*1-14-6-8-4-2-3-5-9-10(8)11(14)13-7-12-9;3*1-4-5-6-10-7-11(9(2)3)13-8-12-10;;;;/h6-7H,2-5H2,1H3;2,4,6-7H,3,5H2,1H3;2-7H,1H3;8-9H,1-2,4-6H2,3H3;4-5,8-9H,1-2,6H2,3H3;1,4,8-9H,2,5-6H2,3H3;1H4;;;/q;;;3*-3;;;;. The number of allylic oxidation sites excluding steroid dienone is 6. The predicted octanol–water partition coefficient (Wildman–Crippen LogP) is 13.1. The molecule has 0 N–H and O–H groups in total. The Bertz CT molecular complexity index is 3610. The molecule has 3 aliphatic rings. The van der Waals surface area contributed by atoms with Crippen molar-refractivity contribution in [2.45, 2.75) is 123 Å². The third-order valence-electron chi connectivity index (χ3n) is 13.3. The smallest absolute Gasteiger partial charge is 0.144 e. The van der Waals surface area contributed by atoms with Crippen LogP contribution in [-0.4, -0.2) is 73.5 Å². The number of aryl methyl sites for hydroxylation is 8. The van der Waals surface area contributed by atoms with Gasteiger partial charge in [0.1, 0.15) is 54.9 Å². The van der Waals surface area contributed by atoms with Crippen LogP contribution in [0.4, 0.5) is 0 Å². The summed E-state index contributed by atoms with van der Waals surface area (Å²) in [6.45, 7) is 30.3. The van der Waals surface area contributed by atoms with Crippen LogP contribution in [0.25, 0.3) is 51.3 Å². The van der Waals surface area contributed by atoms with Crippen LogP contribution in [0, 0.1) is 59.4 Å². The minimum Gasteiger partial charge on any atom is -0.518 e. The summed E-state index contributed by atoms with van der Waals surface area (Å²) >= 11 is 0. The third-order valence-corrected chi connectivity index (χ3v) is 13.3. The van der Waals surface area contributed by atoms with Crippen LogP contribution in [0.1, 0.15) is 152 Å². The molecule has 12 rings (SSSR count). The number of hydrogen-bond donors (Lipinski definition) is 0. The normalized spacial score (nSPS) is 13.2. The quantitative estimate of drug-likeness (QED) is 0.113. The number of aromatic nitrogens is 15. The zero-order valence-corrected chi connectivity index (χ0v) is 58.0. The van der Waals surface area contributed by atoms with E-state index in [1.807, 2.05) is 63.7 Å². The molecule has 0 radical (unpaired) electrons. The molecular formula is C67H78N15W3-9. The van der Waals surface area contributed by atoms with Gasteiger partial charge in [-0.1, -0.05) is 77.8 Å². The molecular weight excluding hydrogens is 1570 g/mol. The third kappa shape index (κ3) is 20.7. The molecule has 0 spiro atoms. The van der Waals surface area contributed by atoms with Crippen LogP contribution in [0.3, 0.4) is 0 Å². The van der Waals surface area contributed by atoms with Gasteiger partial charge in [-0.25, -0.2) is 49.0 Å². The second-order valence-electron chi connectivity index (χ2n) is 20.1. The molecule has 9 heterocycles. The van der Waals surface area contributed by atoms with Gasteiger partial charge in [-0.15, -0.1) is 17.1 Å². The van der Waals surface area contributed by atoms with Gasteiger partial charge in [0.2, 0.25) is 0 Å². The summed E-state index contributed by atoms with van der Waals surface area (Å²) in [6, 6.07) is 9.40. The van der Waals surface area contributed by atoms with Crippen molar-refractivity contribution < 1.29 is 63.2 Å². The monoisotopic (exact) mass is 1640 g/mol. The number of rotatable bonds is 11. The van der Waals surface area contributed by atoms with Gasteiger partial charge in [-0.2, -0.15) is 41.3 Å². The van der Waals surface area contributed by atoms with E-state index in [4.69, 9.17) is 6.58 Å². The van der Waals surface area contributed by atoms with E-state index in [9.17, 15) is 0 Å². The SMILES string of the molecule is C.Cn1cc2c3c(ncnc31)C=CC=C2.Cn1cc2c3c(ncnc31)CCC=C2.Cn1cc2c3c(ncnc31)CCCC2.[CH-]=CCCc1[c-]c(C([CH2-])C)ncn1.[CH2-]C=CCc1[c-]c(C([CH2-])C)ncn1.[CH2-]CCCc1[c-]c(C([CH2-])C)ncn1.[W].[W].[W]. The molecule has 0 aromatic carbocycles. The molecule has 0 fully saturated rings. The van der Waals surface area contributed by atoms with Crippen molar-refractivity contribution in [1.82, 2.24) is 73.5 Å². The van der Waals surface area contributed by atoms with Crippen molar-refractivity contribution in [3.05, 3.63) is 220 Å². The van der Waals surface area contributed by atoms with Crippen LogP contribution in [-0.2, 0) is 123 Å². The summed E-state index contributed by atoms with van der Waals surface area (Å²) in [5.41, 5.74) is 15.8. The topological polar surface area (TPSA) is 169 Å². The fourth-order valence-corrected chi connectivity index (χ4v) is 9.17. The van der Waals surface area contributed by atoms with Crippen LogP contribution in [0.5, 0.6) is 0 Å². The number of unbranched alkanes of at least 4 members (excludes halogenated alkanes) is 1. The van der Waals surface area contributed by atoms with Crippen molar-refractivity contribution in [1.29, 1.82) is 0 Å². The van der Waals surface area contributed by atoms with Gasteiger partial charge in [-0.3, -0.25) is 36.0 Å². The van der Waals surface area contributed by atoms with Crippen LogP contribution in [0.15, 0.2) is 93.0 Å². The molecule has 0 bridgehead atoms. The van der Waals surface area contributed by atoms with Crippen molar-refractivity contribution in [3.63, 3.8) is 0 Å². The summed E-state index contributed by atoms with van der Waals surface area (Å²) in [7, 11) is 6.09. The molecule has 0 amide bonds. The van der Waals surface area contributed by atoms with Crippen molar-refractivity contribution >= 4 is 51.3 Å². The molecule has 3 aliphatic carbocycles. The largest absolute Gasteiger partial charge is 0.518 e. The summed E-state index contributed by atoms with van der Waals surface area (Å²) in [5, 5.41) is 3.68. The molecule has 18 heteroatoms. The molecule has 448 valence electrons. The molecule has 9 aromatic rings. The first-order chi connectivity index (χ1) is 39.3. The zero-order valence-electron chi connectivity index (χ0n) is 49.2. The predicted molar refractivity (Wildman–Crippen MR) is 332 cm³/mol. The summed E-state index contributed by atoms with van der Waals surface area (Å²) in [5.74, 6) is 0.496. The van der Waals surface area contributed by atoms with Gasteiger partial charge in [0.05, 0.1) is 22.5 Å². The van der Waals surface area contributed by atoms with E-state index < -0.39 is 0 Å². The Morgan fingerprint density at radius 3 is 1.62 bits per heavy atom. The van der Waals surface area contributed by atoms with Crippen LogP contribution < -0.4 is 0 Å². The first kappa shape index (κ1) is 73.0. The van der Waals surface area contributed by atoms with E-state index in [1.54, 1.807) is 50.1 Å². The maximum atomic E-state index is 5.28. The van der Waals surface area contributed by atoms with Crippen molar-refractivity contribution in [2.24, 2.45) is 21.1 Å². The van der Waals surface area contributed by atoms with Gasteiger partial charge < -0.3 is 66.2 Å². The van der Waals surface area contributed by atoms with Gasteiger partial charge in [0.25, 0.3) is 0 Å². The Hall–Kier alpha value is -6.27. The Labute approximate surface area is 548 Å². The fourth-order valence-electron chi connectivity index (χ4n) is 9.17. The second kappa shape index (κ2) is 37.3. The Kier molecular flexibility index (Phi) is 32.1. The van der Waals surface area contributed by atoms with Gasteiger partial charge >= 0.3 is 0 Å².